The van der Waals surface area contributed by atoms with Crippen molar-refractivity contribution in [2.75, 3.05) is 4.90 Å². The Morgan fingerprint density at radius 2 is 1.65 bits per heavy atom. The first kappa shape index (κ1) is 13.8. The number of fused-ring (bicyclic) bond motifs is 1. The molecule has 114 valence electrons. The second-order valence-corrected chi connectivity index (χ2v) is 5.99. The van der Waals surface area contributed by atoms with Gasteiger partial charge in [0.25, 0.3) is 5.91 Å². The molecule has 1 atom stereocenters. The predicted molar refractivity (Wildman–Crippen MR) is 92.2 cm³/mol. The zero-order chi connectivity index (χ0) is 15.8. The lowest BCUT2D eigenvalue weighted by Crippen LogP contribution is -2.35. The quantitative estimate of drug-likeness (QED) is 0.700. The molecule has 0 aliphatic carbocycles. The van der Waals surface area contributed by atoms with Gasteiger partial charge in [0.1, 0.15) is 0 Å². The summed E-state index contributed by atoms with van der Waals surface area (Å²) in [6.45, 7) is 2.10. The van der Waals surface area contributed by atoms with E-state index in [-0.39, 0.29) is 11.9 Å². The van der Waals surface area contributed by atoms with Crippen LogP contribution in [0.1, 0.15) is 22.8 Å². The molecule has 0 fully saturated rings. The highest BCUT2D eigenvalue weighted by Crippen LogP contribution is 2.33. The number of amides is 1. The maximum atomic E-state index is 12.9. The number of hydrogen-bond acceptors (Lipinski definition) is 1. The number of hydrogen-bond donors (Lipinski definition) is 0. The molecule has 1 aliphatic rings. The molecular formula is C20H18N2O. The van der Waals surface area contributed by atoms with Crippen LogP contribution in [0.4, 0.5) is 5.69 Å². The SMILES string of the molecule is CC1Cc2ccccc2N1C(=O)c1ccc(-n2cccc2)cc1. The highest BCUT2D eigenvalue weighted by atomic mass is 16.2. The van der Waals surface area contributed by atoms with E-state index in [1.54, 1.807) is 0 Å². The minimum Gasteiger partial charge on any atom is -0.324 e. The minimum atomic E-state index is 0.0708. The first-order valence-electron chi connectivity index (χ1n) is 7.89. The van der Waals surface area contributed by atoms with Gasteiger partial charge in [0, 0.05) is 35.4 Å². The van der Waals surface area contributed by atoms with Crippen molar-refractivity contribution >= 4 is 11.6 Å². The van der Waals surface area contributed by atoms with Gasteiger partial charge in [-0.1, -0.05) is 18.2 Å². The van der Waals surface area contributed by atoms with Gasteiger partial charge in [-0.3, -0.25) is 4.79 Å². The molecular weight excluding hydrogens is 284 g/mol. The molecule has 1 amide bonds. The van der Waals surface area contributed by atoms with Gasteiger partial charge in [-0.15, -0.1) is 0 Å². The summed E-state index contributed by atoms with van der Waals surface area (Å²) in [5.74, 6) is 0.0708. The van der Waals surface area contributed by atoms with Crippen LogP contribution in [0.25, 0.3) is 5.69 Å². The Kier molecular flexibility index (Phi) is 3.27. The summed E-state index contributed by atoms with van der Waals surface area (Å²) in [7, 11) is 0. The van der Waals surface area contributed by atoms with E-state index in [0.717, 1.165) is 23.4 Å². The van der Waals surface area contributed by atoms with Crippen LogP contribution >= 0.6 is 0 Å². The van der Waals surface area contributed by atoms with Crippen LogP contribution in [0.2, 0.25) is 0 Å². The Morgan fingerprint density at radius 3 is 2.39 bits per heavy atom. The number of aromatic nitrogens is 1. The lowest BCUT2D eigenvalue weighted by atomic mass is 10.1. The fourth-order valence-electron chi connectivity index (χ4n) is 3.30. The van der Waals surface area contributed by atoms with Crippen molar-refractivity contribution in [1.29, 1.82) is 0 Å². The number of benzene rings is 2. The molecule has 2 aromatic carbocycles. The van der Waals surface area contributed by atoms with E-state index in [1.807, 2.05) is 76.5 Å². The minimum absolute atomic E-state index is 0.0708. The van der Waals surface area contributed by atoms with Gasteiger partial charge < -0.3 is 9.47 Å². The van der Waals surface area contributed by atoms with Crippen LogP contribution in [0, 0.1) is 0 Å². The van der Waals surface area contributed by atoms with Crippen molar-refractivity contribution in [3.63, 3.8) is 0 Å². The summed E-state index contributed by atoms with van der Waals surface area (Å²) in [4.78, 5) is 14.9. The number of anilines is 1. The van der Waals surface area contributed by atoms with Crippen molar-refractivity contribution in [3.8, 4) is 5.69 Å². The number of para-hydroxylation sites is 1. The Balaban J connectivity index is 1.65. The molecule has 4 rings (SSSR count). The van der Waals surface area contributed by atoms with Gasteiger partial charge in [-0.05, 0) is 61.4 Å². The maximum Gasteiger partial charge on any atom is 0.258 e. The molecule has 0 spiro atoms. The Morgan fingerprint density at radius 1 is 0.957 bits per heavy atom. The normalized spacial score (nSPS) is 16.4. The van der Waals surface area contributed by atoms with Gasteiger partial charge in [-0.25, -0.2) is 0 Å². The number of rotatable bonds is 2. The standard InChI is InChI=1S/C20H18N2O/c1-15-14-17-6-2-3-7-19(17)22(15)20(23)16-8-10-18(11-9-16)21-12-4-5-13-21/h2-13,15H,14H2,1H3. The molecule has 3 aromatic rings. The van der Waals surface area contributed by atoms with E-state index in [9.17, 15) is 4.79 Å². The topological polar surface area (TPSA) is 25.2 Å². The second kappa shape index (κ2) is 5.43. The van der Waals surface area contributed by atoms with Crippen molar-refractivity contribution in [3.05, 3.63) is 84.2 Å². The fraction of sp³-hybridized carbons (Fsp3) is 0.150. The molecule has 23 heavy (non-hydrogen) atoms. The van der Waals surface area contributed by atoms with E-state index in [1.165, 1.54) is 5.56 Å². The first-order valence-corrected chi connectivity index (χ1v) is 7.89. The molecule has 3 nitrogen and oxygen atoms in total. The van der Waals surface area contributed by atoms with Gasteiger partial charge >= 0.3 is 0 Å². The zero-order valence-electron chi connectivity index (χ0n) is 13.0. The van der Waals surface area contributed by atoms with E-state index in [2.05, 4.69) is 13.0 Å². The summed E-state index contributed by atoms with van der Waals surface area (Å²) in [6, 6.07) is 20.1. The molecule has 0 saturated carbocycles. The average molecular weight is 302 g/mol. The molecule has 1 aliphatic heterocycles. The Hall–Kier alpha value is -2.81. The van der Waals surface area contributed by atoms with Crippen LogP contribution in [0.3, 0.4) is 0 Å². The third-order valence-electron chi connectivity index (χ3n) is 4.44. The van der Waals surface area contributed by atoms with E-state index in [0.29, 0.717) is 0 Å². The van der Waals surface area contributed by atoms with E-state index in [4.69, 9.17) is 0 Å². The summed E-state index contributed by atoms with van der Waals surface area (Å²) >= 11 is 0. The van der Waals surface area contributed by atoms with E-state index < -0.39 is 0 Å². The average Bonchev–Trinajstić information content (AvgIpc) is 3.21. The fourth-order valence-corrected chi connectivity index (χ4v) is 3.30. The summed E-state index contributed by atoms with van der Waals surface area (Å²) < 4.78 is 2.03. The molecule has 0 saturated heterocycles. The second-order valence-electron chi connectivity index (χ2n) is 5.99. The van der Waals surface area contributed by atoms with Crippen molar-refractivity contribution in [2.24, 2.45) is 0 Å². The zero-order valence-corrected chi connectivity index (χ0v) is 13.0. The Bertz CT molecular complexity index is 834. The summed E-state index contributed by atoms with van der Waals surface area (Å²) in [5, 5.41) is 0. The molecule has 0 radical (unpaired) electrons. The van der Waals surface area contributed by atoms with Gasteiger partial charge in [-0.2, -0.15) is 0 Å². The van der Waals surface area contributed by atoms with Gasteiger partial charge in [0.2, 0.25) is 0 Å². The highest BCUT2D eigenvalue weighted by molar-refractivity contribution is 6.07. The monoisotopic (exact) mass is 302 g/mol. The van der Waals surface area contributed by atoms with Crippen LogP contribution in [0.15, 0.2) is 73.1 Å². The van der Waals surface area contributed by atoms with Crippen LogP contribution in [-0.4, -0.2) is 16.5 Å². The number of carbonyl (C=O) groups is 1. The molecule has 3 heteroatoms. The smallest absolute Gasteiger partial charge is 0.258 e. The molecule has 0 bridgehead atoms. The lowest BCUT2D eigenvalue weighted by Gasteiger charge is -2.23. The van der Waals surface area contributed by atoms with Crippen molar-refractivity contribution in [2.45, 2.75) is 19.4 Å². The third-order valence-corrected chi connectivity index (χ3v) is 4.44. The largest absolute Gasteiger partial charge is 0.324 e. The third kappa shape index (κ3) is 2.34. The lowest BCUT2D eigenvalue weighted by molar-refractivity contribution is 0.0981. The van der Waals surface area contributed by atoms with Crippen LogP contribution in [0.5, 0.6) is 0 Å². The van der Waals surface area contributed by atoms with Gasteiger partial charge in [0.15, 0.2) is 0 Å². The maximum absolute atomic E-state index is 12.9. The molecule has 1 aromatic heterocycles. The number of carbonyl (C=O) groups excluding carboxylic acids is 1. The Labute approximate surface area is 135 Å². The van der Waals surface area contributed by atoms with Crippen molar-refractivity contribution in [1.82, 2.24) is 4.57 Å². The molecule has 0 N–H and O–H groups in total. The summed E-state index contributed by atoms with van der Waals surface area (Å²) in [6.07, 6.45) is 4.91. The van der Waals surface area contributed by atoms with E-state index >= 15 is 0 Å². The van der Waals surface area contributed by atoms with Crippen LogP contribution in [-0.2, 0) is 6.42 Å². The molecule has 1 unspecified atom stereocenters. The number of nitrogens with zero attached hydrogens (tertiary/aromatic N) is 2. The van der Waals surface area contributed by atoms with Crippen LogP contribution < -0.4 is 4.90 Å². The van der Waals surface area contributed by atoms with Gasteiger partial charge in [0.05, 0.1) is 0 Å². The predicted octanol–water partition coefficient (Wildman–Crippen LogP) is 4.07. The summed E-state index contributed by atoms with van der Waals surface area (Å²) in [5.41, 5.74) is 4.07. The van der Waals surface area contributed by atoms with Crippen molar-refractivity contribution < 1.29 is 4.79 Å². The highest BCUT2D eigenvalue weighted by Gasteiger charge is 2.31. The molecule has 2 heterocycles. The first-order chi connectivity index (χ1) is 11.2.